The van der Waals surface area contributed by atoms with Gasteiger partial charge in [0.2, 0.25) is 5.91 Å². The van der Waals surface area contributed by atoms with Gasteiger partial charge in [0.05, 0.1) is 37.0 Å². The number of methoxy groups -OCH3 is 1. The predicted octanol–water partition coefficient (Wildman–Crippen LogP) is 2.16. The average Bonchev–Trinajstić information content (AvgIpc) is 3.44. The molecule has 2 saturated heterocycles. The number of allylic oxidation sites excluding steroid dienone is 1. The molecule has 2 amide bonds. The third kappa shape index (κ3) is 3.26. The van der Waals surface area contributed by atoms with E-state index in [-0.39, 0.29) is 6.54 Å². The summed E-state index contributed by atoms with van der Waals surface area (Å²) in [6, 6.07) is 3.79. The highest BCUT2D eigenvalue weighted by atomic mass is 16.5. The molecule has 3 N–H and O–H groups in total. The van der Waals surface area contributed by atoms with Crippen LogP contribution in [0.5, 0.6) is 5.75 Å². The number of amides is 2. The summed E-state index contributed by atoms with van der Waals surface area (Å²) in [4.78, 5) is 30.1. The number of aliphatic hydroxyl groups is 3. The lowest BCUT2D eigenvalue weighted by atomic mass is 9.82. The van der Waals surface area contributed by atoms with Gasteiger partial charge in [0.25, 0.3) is 11.6 Å². The minimum atomic E-state index is -2.45. The van der Waals surface area contributed by atoms with Crippen LogP contribution >= 0.6 is 0 Å². The van der Waals surface area contributed by atoms with E-state index in [4.69, 9.17) is 4.74 Å². The van der Waals surface area contributed by atoms with E-state index in [0.717, 1.165) is 5.57 Å². The van der Waals surface area contributed by atoms with Crippen LogP contribution < -0.4 is 4.74 Å². The van der Waals surface area contributed by atoms with Crippen LogP contribution in [0.3, 0.4) is 0 Å². The Morgan fingerprint density at radius 1 is 1.31 bits per heavy atom. The molecular formula is C27H33N3O6. The lowest BCUT2D eigenvalue weighted by Crippen LogP contribution is -2.74. The highest BCUT2D eigenvalue weighted by Crippen LogP contribution is 2.52. The molecule has 4 heterocycles. The summed E-state index contributed by atoms with van der Waals surface area (Å²) < 4.78 is 7.28. The van der Waals surface area contributed by atoms with E-state index in [1.807, 2.05) is 24.5 Å². The number of nitrogens with zero attached hydrogens (tertiary/aromatic N) is 3. The van der Waals surface area contributed by atoms with Crippen LogP contribution in [0.4, 0.5) is 0 Å². The van der Waals surface area contributed by atoms with E-state index in [9.17, 15) is 24.9 Å². The molecule has 0 bridgehead atoms. The third-order valence-corrected chi connectivity index (χ3v) is 7.70. The standard InChI is InChI=1S/C27H33N3O6/c1-14(2)11-20-23-22(17-9-8-16(36-5)12-19(17)29(23)13-21(31)15(3)4)24(32)27(35)26(34)28-10-6-7-18(28)25(33)30(20)27/h8-9,11-12,18,20-21,24,31-32,35H,3,6-7,10,13H2,1-2,4-5H3/t18-,20-,21+,24-,27+/m0/s1. The quantitative estimate of drug-likeness (QED) is 0.548. The highest BCUT2D eigenvalue weighted by molar-refractivity contribution is 6.02. The second-order valence-electron chi connectivity index (χ2n) is 10.3. The van der Waals surface area contributed by atoms with Gasteiger partial charge in [0.15, 0.2) is 0 Å². The van der Waals surface area contributed by atoms with Crippen LogP contribution in [0.25, 0.3) is 10.9 Å². The number of ether oxygens (including phenoxy) is 1. The monoisotopic (exact) mass is 495 g/mol. The van der Waals surface area contributed by atoms with E-state index in [0.29, 0.717) is 52.9 Å². The van der Waals surface area contributed by atoms with Crippen molar-refractivity contribution in [1.82, 2.24) is 14.4 Å². The number of benzene rings is 1. The number of carbonyl (C=O) groups is 2. The molecule has 36 heavy (non-hydrogen) atoms. The zero-order valence-electron chi connectivity index (χ0n) is 21.1. The molecule has 0 aliphatic carbocycles. The second kappa shape index (κ2) is 8.47. The molecule has 9 heteroatoms. The van der Waals surface area contributed by atoms with Gasteiger partial charge in [-0.3, -0.25) is 14.5 Å². The van der Waals surface area contributed by atoms with Crippen molar-refractivity contribution in [3.8, 4) is 5.75 Å². The Hall–Kier alpha value is -3.14. The van der Waals surface area contributed by atoms with Crippen molar-refractivity contribution in [2.24, 2.45) is 0 Å². The van der Waals surface area contributed by atoms with Gasteiger partial charge in [0, 0.05) is 23.6 Å². The summed E-state index contributed by atoms with van der Waals surface area (Å²) in [6.45, 7) is 9.83. The molecule has 0 radical (unpaired) electrons. The van der Waals surface area contributed by atoms with Gasteiger partial charge in [-0.05, 0) is 45.7 Å². The number of hydrogen-bond donors (Lipinski definition) is 3. The Kier molecular flexibility index (Phi) is 5.77. The first-order valence-electron chi connectivity index (χ1n) is 12.3. The van der Waals surface area contributed by atoms with Crippen molar-refractivity contribution in [2.45, 2.75) is 70.2 Å². The maximum Gasteiger partial charge on any atom is 0.279 e. The maximum atomic E-state index is 13.8. The Morgan fingerprint density at radius 2 is 2.03 bits per heavy atom. The number of hydrogen-bond acceptors (Lipinski definition) is 6. The van der Waals surface area contributed by atoms with Crippen LogP contribution in [0.15, 0.2) is 42.0 Å². The molecule has 5 atom stereocenters. The molecule has 3 aliphatic rings. The zero-order valence-corrected chi connectivity index (χ0v) is 21.1. The van der Waals surface area contributed by atoms with Crippen LogP contribution in [-0.4, -0.2) is 73.0 Å². The number of carbonyl (C=O) groups excluding carboxylic acids is 2. The minimum absolute atomic E-state index is 0.109. The fourth-order valence-corrected chi connectivity index (χ4v) is 5.93. The lowest BCUT2D eigenvalue weighted by molar-refractivity contribution is -0.229. The van der Waals surface area contributed by atoms with Gasteiger partial charge in [0.1, 0.15) is 17.9 Å². The smallest absolute Gasteiger partial charge is 0.279 e. The fraction of sp³-hybridized carbons (Fsp3) is 0.481. The van der Waals surface area contributed by atoms with Crippen LogP contribution in [0.1, 0.15) is 57.0 Å². The Labute approximate surface area is 209 Å². The van der Waals surface area contributed by atoms with Crippen LogP contribution in [-0.2, 0) is 16.1 Å². The summed E-state index contributed by atoms with van der Waals surface area (Å²) in [5, 5.41) is 35.1. The molecule has 0 unspecified atom stereocenters. The summed E-state index contributed by atoms with van der Waals surface area (Å²) in [5.41, 5.74) is 0.536. The van der Waals surface area contributed by atoms with Crippen molar-refractivity contribution >= 4 is 22.7 Å². The van der Waals surface area contributed by atoms with Crippen LogP contribution in [0, 0.1) is 0 Å². The molecule has 1 aromatic heterocycles. The fourth-order valence-electron chi connectivity index (χ4n) is 5.93. The minimum Gasteiger partial charge on any atom is -0.497 e. The van der Waals surface area contributed by atoms with Crippen molar-refractivity contribution < 1.29 is 29.6 Å². The zero-order chi connectivity index (χ0) is 26.1. The first kappa shape index (κ1) is 24.5. The van der Waals surface area contributed by atoms with Gasteiger partial charge < -0.3 is 29.5 Å². The summed E-state index contributed by atoms with van der Waals surface area (Å²) in [7, 11) is 1.55. The van der Waals surface area contributed by atoms with Crippen LogP contribution in [0.2, 0.25) is 0 Å². The van der Waals surface area contributed by atoms with Crippen molar-refractivity contribution in [2.75, 3.05) is 13.7 Å². The molecule has 1 aromatic carbocycles. The number of piperazine rings is 1. The maximum absolute atomic E-state index is 13.8. The lowest BCUT2D eigenvalue weighted by Gasteiger charge is -2.54. The topological polar surface area (TPSA) is 115 Å². The number of aromatic nitrogens is 1. The Morgan fingerprint density at radius 3 is 2.67 bits per heavy atom. The predicted molar refractivity (Wildman–Crippen MR) is 133 cm³/mol. The SMILES string of the molecule is C=C(C)[C@H](O)Cn1c2c(c3ccc(OC)cc31)[C@H](O)[C@@]1(O)C(=O)N3CCC[C@H]3C(=O)N1[C@H]2C=C(C)C. The van der Waals surface area contributed by atoms with Gasteiger partial charge >= 0.3 is 0 Å². The normalized spacial score (nSPS) is 28.0. The molecular weight excluding hydrogens is 462 g/mol. The van der Waals surface area contributed by atoms with E-state index < -0.39 is 41.8 Å². The first-order chi connectivity index (χ1) is 17.0. The molecule has 192 valence electrons. The van der Waals surface area contributed by atoms with Crippen molar-refractivity contribution in [3.05, 3.63) is 53.3 Å². The van der Waals surface area contributed by atoms with E-state index in [1.54, 1.807) is 32.2 Å². The third-order valence-electron chi connectivity index (χ3n) is 7.70. The molecule has 9 nitrogen and oxygen atoms in total. The first-order valence-corrected chi connectivity index (χ1v) is 12.3. The van der Waals surface area contributed by atoms with Gasteiger partial charge in [-0.15, -0.1) is 0 Å². The summed E-state index contributed by atoms with van der Waals surface area (Å²) in [6.07, 6.45) is 0.403. The molecule has 5 rings (SSSR count). The van der Waals surface area contributed by atoms with E-state index in [2.05, 4.69) is 6.58 Å². The average molecular weight is 496 g/mol. The van der Waals surface area contributed by atoms with Crippen molar-refractivity contribution in [1.29, 1.82) is 0 Å². The van der Waals surface area contributed by atoms with Gasteiger partial charge in [-0.1, -0.05) is 23.8 Å². The second-order valence-corrected chi connectivity index (χ2v) is 10.3. The summed E-state index contributed by atoms with van der Waals surface area (Å²) in [5.74, 6) is -0.483. The van der Waals surface area contributed by atoms with Gasteiger partial charge in [-0.2, -0.15) is 0 Å². The Balaban J connectivity index is 1.85. The number of fused-ring (bicyclic) bond motifs is 5. The Bertz CT molecular complexity index is 1310. The van der Waals surface area contributed by atoms with Crippen molar-refractivity contribution in [3.63, 3.8) is 0 Å². The number of rotatable bonds is 5. The molecule has 0 saturated carbocycles. The number of aliphatic hydroxyl groups excluding tert-OH is 2. The molecule has 3 aliphatic heterocycles. The molecule has 2 fully saturated rings. The van der Waals surface area contributed by atoms with Gasteiger partial charge in [-0.25, -0.2) is 0 Å². The van der Waals surface area contributed by atoms with E-state index in [1.165, 1.54) is 9.80 Å². The largest absolute Gasteiger partial charge is 0.497 e. The van der Waals surface area contributed by atoms with E-state index >= 15 is 0 Å². The molecule has 2 aromatic rings. The molecule has 0 spiro atoms. The highest BCUT2D eigenvalue weighted by Gasteiger charge is 2.65. The summed E-state index contributed by atoms with van der Waals surface area (Å²) >= 11 is 0.